The number of hydrogen-bond donors (Lipinski definition) is 0. The Bertz CT molecular complexity index is 3400. The normalized spacial score (nSPS) is 13.3. The van der Waals surface area contributed by atoms with Crippen LogP contribution in [0.2, 0.25) is 0 Å². The number of nitriles is 1. The van der Waals surface area contributed by atoms with Gasteiger partial charge in [0.15, 0.2) is 0 Å². The van der Waals surface area contributed by atoms with Crippen LogP contribution in [0.4, 0.5) is 0 Å². The van der Waals surface area contributed by atoms with Gasteiger partial charge in [-0.25, -0.2) is 69.6 Å². The third-order valence-corrected chi connectivity index (χ3v) is 25.5. The van der Waals surface area contributed by atoms with Gasteiger partial charge in [0.1, 0.15) is 0 Å². The fourth-order valence-corrected chi connectivity index (χ4v) is 11.4. The molecule has 0 spiro atoms. The van der Waals surface area contributed by atoms with E-state index in [0.29, 0.717) is 41.4 Å². The molecule has 6 rings (SSSR count). The van der Waals surface area contributed by atoms with Gasteiger partial charge in [-0.1, -0.05) is 359 Å². The molecule has 11 radical (unpaired) electrons. The standard InChI is InChI=1S/C25H23.C14H25.C13H25P2.C8H16P.C7H11NP.C7H14P.C7H11.C6H13O.C6H12P.C6H9.C5H7.2CH4.11Y/c1-20(2)25-18-16-24(17-19-25)15-14-23-12-10-22(11-13-23)9-8-21-6-4-3-5-7-21;1-12(2)4-3-8-14-9-5-13(6-10-14)7-11-14;1-7-9(4)13(15)11(6)10(5)12(14)8(2)3;1-5-7(4)8(9)6(2)3;1-5(2)7(9)6(3)4-8;1-5(2)7(8)6(3)4;1-4-6-7(3)5-2;1-6(2)4-5-7-3;1-4-6(7)5(2)3;1-4-5-6(2)3;1-3-5-4-2;;;;;;;;;;;;;/h4-20H,1-2H3;12H,3-11H2,1-2H3;10-11H,2,7,14-15H2,1,3-6H3;7H,2,5,9H2,1,3-4H3;6H,1,9H2,2-3H3;6H,1,8H2,2-4H3;7H,1,5H2,2-3H3;6H,3-5H2,1-2H3;2,4,7H2,1,3H3;6H,1H2,2-3H3;1,4H2,2H3;2*1H4;;;;;;;;;;;/q11*-1;;;;;;;;;;;;;/b9-8+,15-14+;;12-8+,13-9-;8-6+;2*7-5+;;;6-5+;;;;;;;;;;;;;;;. The fourth-order valence-electron chi connectivity index (χ4n) is 10.3. The number of nitrogens with zero attached hydrogens (tertiary/aromatic N) is 1. The molecule has 683 valence electrons. The quantitative estimate of drug-likeness (QED) is 0.0435. The molecule has 2 bridgehead atoms. The molecule has 0 aromatic heterocycles. The van der Waals surface area contributed by atoms with Crippen molar-refractivity contribution in [3.8, 4) is 41.6 Å². The molecule has 0 aliphatic heterocycles. The number of allylic oxidation sites excluding steroid dienone is 12. The molecular weight excluding hydrogens is 2470 g/mol. The van der Waals surface area contributed by atoms with Crippen LogP contribution in [-0.2, 0) is 365 Å². The zero-order chi connectivity index (χ0) is 87.7. The van der Waals surface area contributed by atoms with E-state index in [-0.39, 0.29) is 381 Å². The van der Waals surface area contributed by atoms with Crippen LogP contribution in [0, 0.1) is 180 Å². The van der Waals surface area contributed by atoms with E-state index in [1.54, 1.807) is 0 Å². The second-order valence-corrected chi connectivity index (χ2v) is 35.3. The average Bonchev–Trinajstić information content (AvgIpc) is 0.803. The van der Waals surface area contributed by atoms with Crippen LogP contribution in [0.25, 0.3) is 24.3 Å². The van der Waals surface area contributed by atoms with Gasteiger partial charge in [-0.2, -0.15) is 148 Å². The van der Waals surface area contributed by atoms with Crippen molar-refractivity contribution in [2.75, 3.05) is 6.61 Å². The van der Waals surface area contributed by atoms with E-state index in [0.717, 1.165) is 66.8 Å². The summed E-state index contributed by atoms with van der Waals surface area (Å²) >= 11 is 0. The average molecular weight is 2640 g/mol. The van der Waals surface area contributed by atoms with Crippen LogP contribution in [0.5, 0.6) is 0 Å². The Morgan fingerprint density at radius 1 is 0.480 bits per heavy atom. The van der Waals surface area contributed by atoms with Crippen molar-refractivity contribution in [2.24, 2.45) is 58.7 Å². The van der Waals surface area contributed by atoms with Crippen LogP contribution in [0.1, 0.15) is 325 Å². The maximum Gasteiger partial charge on any atom is 0.0515 e. The first kappa shape index (κ1) is 178. The molecule has 0 heterocycles. The van der Waals surface area contributed by atoms with Crippen molar-refractivity contribution in [1.82, 2.24) is 0 Å². The van der Waals surface area contributed by atoms with Gasteiger partial charge in [-0.15, -0.1) is 14.8 Å². The van der Waals surface area contributed by atoms with E-state index < -0.39 is 0 Å². The molecular formula is C106H174NOP6Y11-11. The second-order valence-electron chi connectivity index (χ2n) is 31.5. The van der Waals surface area contributed by atoms with Crippen LogP contribution < -0.4 is 0 Å². The summed E-state index contributed by atoms with van der Waals surface area (Å²) in [5.41, 5.74) is 14.2. The van der Waals surface area contributed by atoms with Crippen LogP contribution in [-0.4, -0.2) is 6.61 Å². The number of hydrogen-bond acceptors (Lipinski definition) is 2. The van der Waals surface area contributed by atoms with E-state index >= 15 is 0 Å². The first-order valence-corrected chi connectivity index (χ1v) is 44.7. The minimum atomic E-state index is -0.0208. The van der Waals surface area contributed by atoms with Crippen LogP contribution >= 0.6 is 55.4 Å². The maximum absolute atomic E-state index is 8.43. The third kappa shape index (κ3) is 106. The number of fused-ring (bicyclic) bond motifs is 3. The SMILES string of the molecule is C.C.CC(C)CCCC12CC[C-](CC1)CC2.CC(C)c1ccc(/C=C/c2ccc(/C=C/c3cc[c-]cc3)cc2)cc1.[CH2-]/C(C)=C(\P)C(C)C.[CH2-]/C(C)=C(\P)C(C)C#N.[CH2-]/C(C)=C(\P)C(C)C(C)/C(P)=C(\C)CC.[CH2-]/C(C)=C(\P)C(C)CC.[CH2-]/C(C)=C(\P)CC.[CH2-]C#CC(C)C.[CH2-]C#CC(C)CC.[CH2-]C#CCC.[CH2-]OCCC(C)C.[Y].[Y].[Y].[Y].[Y].[Y].[Y].[Y].[Y].[Y].[Y]. The first-order chi connectivity index (χ1) is 52.4. The van der Waals surface area contributed by atoms with E-state index in [1.165, 1.54) is 146 Å². The second kappa shape index (κ2) is 117. The summed E-state index contributed by atoms with van der Waals surface area (Å²) in [6.07, 6.45) is 28.6. The van der Waals surface area contributed by atoms with Crippen molar-refractivity contribution >= 4 is 79.7 Å². The number of rotatable bonds is 22. The van der Waals surface area contributed by atoms with Gasteiger partial charge in [0, 0.05) is 372 Å². The molecule has 19 heteroatoms. The summed E-state index contributed by atoms with van der Waals surface area (Å²) in [4.78, 5) is 0. The Hall–Kier alpha value is 7.39. The molecule has 3 aromatic rings. The molecule has 2 nitrogen and oxygen atoms in total. The van der Waals surface area contributed by atoms with Crippen molar-refractivity contribution in [2.45, 2.75) is 297 Å². The summed E-state index contributed by atoms with van der Waals surface area (Å²) in [6, 6.07) is 30.5. The van der Waals surface area contributed by atoms with Crippen molar-refractivity contribution in [3.63, 3.8) is 0 Å². The molecule has 125 heavy (non-hydrogen) atoms. The van der Waals surface area contributed by atoms with Gasteiger partial charge in [-0.05, 0) is 77.5 Å². The molecule has 11 unspecified atom stereocenters. The minimum Gasteiger partial charge on any atom is -0.555 e. The topological polar surface area (TPSA) is 33.0 Å². The summed E-state index contributed by atoms with van der Waals surface area (Å²) in [6.45, 7) is 85.6. The molecule has 3 fully saturated rings. The van der Waals surface area contributed by atoms with E-state index in [9.17, 15) is 0 Å². The Balaban J connectivity index is -0.0000000597. The van der Waals surface area contributed by atoms with Crippen molar-refractivity contribution in [3.05, 3.63) is 240 Å². The molecule has 0 saturated heterocycles. The van der Waals surface area contributed by atoms with Crippen molar-refractivity contribution in [1.29, 1.82) is 5.26 Å². The van der Waals surface area contributed by atoms with Gasteiger partial charge in [0.25, 0.3) is 0 Å². The molecule has 3 aliphatic rings. The third-order valence-electron chi connectivity index (χ3n) is 19.3. The Morgan fingerprint density at radius 2 is 0.848 bits per heavy atom. The van der Waals surface area contributed by atoms with Crippen molar-refractivity contribution < 1.29 is 365 Å². The molecule has 3 aliphatic carbocycles. The zero-order valence-corrected chi connectivity index (χ0v) is 121. The maximum atomic E-state index is 8.43. The minimum absolute atomic E-state index is 0. The van der Waals surface area contributed by atoms with Gasteiger partial charge >= 0.3 is 0 Å². The van der Waals surface area contributed by atoms with E-state index in [2.05, 4.69) is 387 Å². The summed E-state index contributed by atoms with van der Waals surface area (Å²) in [5, 5.41) is 16.2. The predicted octanol–water partition coefficient (Wildman–Crippen LogP) is 34.3. The summed E-state index contributed by atoms with van der Waals surface area (Å²) < 4.78 is 4.60. The number of benzene rings is 3. The zero-order valence-electron chi connectivity index (χ0n) is 82.9. The fraction of sp³-hybridized carbons (Fsp3) is 0.519. The van der Waals surface area contributed by atoms with E-state index in [1.807, 2.05) is 66.5 Å². The molecule has 0 N–H and O–H groups in total. The Morgan fingerprint density at radius 3 is 1.06 bits per heavy atom. The monoisotopic (exact) mass is 2640 g/mol. The Labute approximate surface area is 1070 Å². The molecule has 11 atom stereocenters. The molecule has 3 aromatic carbocycles. The van der Waals surface area contributed by atoms with Crippen LogP contribution in [0.15, 0.2) is 138 Å². The first-order valence-electron chi connectivity index (χ1n) is 41.2. The molecule has 0 amide bonds. The van der Waals surface area contributed by atoms with Gasteiger partial charge in [0.2, 0.25) is 0 Å². The van der Waals surface area contributed by atoms with E-state index in [4.69, 9.17) is 5.26 Å². The predicted molar refractivity (Wildman–Crippen MR) is 550 cm³/mol. The number of ether oxygens (including phenoxy) is 1. The van der Waals surface area contributed by atoms with Gasteiger partial charge < -0.3 is 28.4 Å². The largest absolute Gasteiger partial charge is 0.555 e. The van der Waals surface area contributed by atoms with Gasteiger partial charge in [-0.3, -0.25) is 17.8 Å². The smallest absolute Gasteiger partial charge is 0.0515 e. The summed E-state index contributed by atoms with van der Waals surface area (Å²) in [5.74, 6) is 23.7. The van der Waals surface area contributed by atoms with Crippen LogP contribution in [0.3, 0.4) is 0 Å². The Kier molecular flexibility index (Phi) is 166. The molecule has 3 saturated carbocycles. The summed E-state index contributed by atoms with van der Waals surface area (Å²) in [7, 11) is 19.7. The van der Waals surface area contributed by atoms with Gasteiger partial charge in [0.05, 0.1) is 6.07 Å².